The van der Waals surface area contributed by atoms with Crippen molar-refractivity contribution >= 4 is 22.8 Å². The van der Waals surface area contributed by atoms with E-state index in [0.717, 1.165) is 12.1 Å². The number of carbonyl (C=O) groups is 2. The summed E-state index contributed by atoms with van der Waals surface area (Å²) in [5.41, 5.74) is -0.695. The summed E-state index contributed by atoms with van der Waals surface area (Å²) >= 11 is 0. The highest BCUT2D eigenvalue weighted by atomic mass is 19.2. The molecule has 0 aliphatic rings. The van der Waals surface area contributed by atoms with Gasteiger partial charge in [0.1, 0.15) is 6.04 Å². The largest absolute Gasteiger partial charge is 0.357 e. The standard InChI is InChI=1S/C20H18F2N4O4/c1-3-26-15-7-5-11(9-14(15)24-19(29)20(26)30)17(27)25-16(18(28)23-2)10-4-6-12(21)13(22)8-10/h4-9,16H,3H2,1-2H3,(H,23,28)(H,24,29)(H,25,27). The number of aromatic amines is 1. The smallest absolute Gasteiger partial charge is 0.316 e. The van der Waals surface area contributed by atoms with Gasteiger partial charge in [-0.1, -0.05) is 6.07 Å². The number of nitrogens with zero attached hydrogens (tertiary/aromatic N) is 1. The van der Waals surface area contributed by atoms with Crippen molar-refractivity contribution < 1.29 is 18.4 Å². The van der Waals surface area contributed by atoms with Crippen LogP contribution in [0.1, 0.15) is 28.9 Å². The van der Waals surface area contributed by atoms with Crippen molar-refractivity contribution in [3.8, 4) is 0 Å². The zero-order valence-corrected chi connectivity index (χ0v) is 16.1. The molecule has 10 heteroatoms. The minimum Gasteiger partial charge on any atom is -0.357 e. The van der Waals surface area contributed by atoms with Crippen LogP contribution in [-0.4, -0.2) is 28.4 Å². The van der Waals surface area contributed by atoms with Crippen LogP contribution in [0.4, 0.5) is 8.78 Å². The summed E-state index contributed by atoms with van der Waals surface area (Å²) in [6.07, 6.45) is 0. The zero-order valence-electron chi connectivity index (χ0n) is 16.1. The molecular weight excluding hydrogens is 398 g/mol. The van der Waals surface area contributed by atoms with Gasteiger partial charge in [-0.25, -0.2) is 8.78 Å². The summed E-state index contributed by atoms with van der Waals surface area (Å²) in [6.45, 7) is 1.97. The summed E-state index contributed by atoms with van der Waals surface area (Å²) in [5, 5.41) is 4.82. The Morgan fingerprint density at radius 3 is 2.47 bits per heavy atom. The predicted octanol–water partition coefficient (Wildman–Crippen LogP) is 1.20. The topological polar surface area (TPSA) is 113 Å². The van der Waals surface area contributed by atoms with Crippen LogP contribution in [0.3, 0.4) is 0 Å². The van der Waals surface area contributed by atoms with Crippen molar-refractivity contribution in [1.29, 1.82) is 0 Å². The molecule has 3 aromatic rings. The van der Waals surface area contributed by atoms with Crippen LogP contribution in [0.15, 0.2) is 46.0 Å². The number of H-pyrrole nitrogens is 1. The predicted molar refractivity (Wildman–Crippen MR) is 105 cm³/mol. The number of benzene rings is 2. The van der Waals surface area contributed by atoms with Crippen LogP contribution in [0.5, 0.6) is 0 Å². The first-order valence-corrected chi connectivity index (χ1v) is 9.01. The van der Waals surface area contributed by atoms with E-state index in [1.807, 2.05) is 0 Å². The second kappa shape index (κ2) is 8.27. The Kier molecular flexibility index (Phi) is 5.77. The molecule has 0 saturated heterocycles. The molecule has 0 fully saturated rings. The molecule has 2 aromatic carbocycles. The van der Waals surface area contributed by atoms with Crippen LogP contribution in [0.25, 0.3) is 11.0 Å². The molecule has 0 radical (unpaired) electrons. The number of rotatable bonds is 5. The van der Waals surface area contributed by atoms with Crippen LogP contribution < -0.4 is 21.8 Å². The third-order valence-corrected chi connectivity index (χ3v) is 4.61. The third-order valence-electron chi connectivity index (χ3n) is 4.61. The molecule has 1 atom stereocenters. The molecule has 0 aliphatic heterocycles. The van der Waals surface area contributed by atoms with Gasteiger partial charge in [0.2, 0.25) is 5.91 Å². The highest BCUT2D eigenvalue weighted by Gasteiger charge is 2.24. The molecule has 3 rings (SSSR count). The third kappa shape index (κ3) is 3.84. The number of nitrogens with one attached hydrogen (secondary N) is 3. The van der Waals surface area contributed by atoms with Crippen molar-refractivity contribution in [3.05, 3.63) is 79.9 Å². The minimum absolute atomic E-state index is 0.0515. The molecule has 1 unspecified atom stereocenters. The first-order valence-electron chi connectivity index (χ1n) is 9.01. The molecule has 0 bridgehead atoms. The van der Waals surface area contributed by atoms with E-state index in [2.05, 4.69) is 15.6 Å². The average molecular weight is 416 g/mol. The van der Waals surface area contributed by atoms with Gasteiger partial charge in [0.05, 0.1) is 11.0 Å². The summed E-state index contributed by atoms with van der Waals surface area (Å²) in [6, 6.07) is 5.88. The molecule has 8 nitrogen and oxygen atoms in total. The Bertz CT molecular complexity index is 1270. The first-order chi connectivity index (χ1) is 14.3. The lowest BCUT2D eigenvalue weighted by Gasteiger charge is -2.18. The van der Waals surface area contributed by atoms with Crippen molar-refractivity contribution in [1.82, 2.24) is 20.2 Å². The summed E-state index contributed by atoms with van der Waals surface area (Å²) in [5.74, 6) is -3.56. The Morgan fingerprint density at radius 1 is 1.10 bits per heavy atom. The molecule has 0 aliphatic carbocycles. The number of amides is 2. The lowest BCUT2D eigenvalue weighted by Crippen LogP contribution is -2.39. The Labute approximate surface area is 168 Å². The maximum atomic E-state index is 13.6. The Balaban J connectivity index is 1.99. The Hall–Kier alpha value is -3.82. The highest BCUT2D eigenvalue weighted by Crippen LogP contribution is 2.18. The fourth-order valence-corrected chi connectivity index (χ4v) is 3.09. The average Bonchev–Trinajstić information content (AvgIpc) is 2.74. The minimum atomic E-state index is -1.28. The lowest BCUT2D eigenvalue weighted by molar-refractivity contribution is -0.122. The normalized spacial score (nSPS) is 11.9. The van der Waals surface area contributed by atoms with Crippen molar-refractivity contribution in [2.75, 3.05) is 7.05 Å². The molecule has 1 heterocycles. The number of likely N-dealkylation sites (N-methyl/N-ethyl adjacent to an activating group) is 1. The summed E-state index contributed by atoms with van der Waals surface area (Å²) < 4.78 is 28.1. The van der Waals surface area contributed by atoms with Gasteiger partial charge in [-0.2, -0.15) is 0 Å². The van der Waals surface area contributed by atoms with E-state index in [-0.39, 0.29) is 23.2 Å². The van der Waals surface area contributed by atoms with Crippen LogP contribution >= 0.6 is 0 Å². The fraction of sp³-hybridized carbons (Fsp3) is 0.200. The van der Waals surface area contributed by atoms with E-state index in [1.165, 1.54) is 35.9 Å². The van der Waals surface area contributed by atoms with E-state index in [0.29, 0.717) is 5.52 Å². The van der Waals surface area contributed by atoms with Crippen LogP contribution in [0.2, 0.25) is 0 Å². The molecule has 30 heavy (non-hydrogen) atoms. The molecule has 0 saturated carbocycles. The summed E-state index contributed by atoms with van der Waals surface area (Å²) in [7, 11) is 1.34. The first kappa shape index (κ1) is 20.9. The number of halogens is 2. The number of hydrogen-bond donors (Lipinski definition) is 3. The fourth-order valence-electron chi connectivity index (χ4n) is 3.09. The van der Waals surface area contributed by atoms with Gasteiger partial charge in [-0.3, -0.25) is 19.2 Å². The van der Waals surface area contributed by atoms with Crippen molar-refractivity contribution in [2.45, 2.75) is 19.5 Å². The highest BCUT2D eigenvalue weighted by molar-refractivity contribution is 6.00. The quantitative estimate of drug-likeness (QED) is 0.543. The van der Waals surface area contributed by atoms with Crippen LogP contribution in [0, 0.1) is 11.6 Å². The van der Waals surface area contributed by atoms with E-state index >= 15 is 0 Å². The molecule has 0 spiro atoms. The van der Waals surface area contributed by atoms with Crippen molar-refractivity contribution in [2.24, 2.45) is 0 Å². The van der Waals surface area contributed by atoms with Gasteiger partial charge in [0.15, 0.2) is 11.6 Å². The molecule has 156 valence electrons. The summed E-state index contributed by atoms with van der Waals surface area (Å²) in [4.78, 5) is 51.1. The van der Waals surface area contributed by atoms with Gasteiger partial charge in [0.25, 0.3) is 5.91 Å². The molecule has 2 amide bonds. The second-order valence-corrected chi connectivity index (χ2v) is 6.43. The number of aromatic nitrogens is 2. The number of aryl methyl sites for hydroxylation is 1. The molecular formula is C20H18F2N4O4. The van der Waals surface area contributed by atoms with Gasteiger partial charge in [0, 0.05) is 19.2 Å². The SMILES string of the molecule is CCn1c(=O)c(=O)[nH]c2cc(C(=O)NC(C(=O)NC)c3ccc(F)c(F)c3)ccc21. The Morgan fingerprint density at radius 2 is 1.83 bits per heavy atom. The maximum absolute atomic E-state index is 13.6. The van der Waals surface area contributed by atoms with E-state index in [4.69, 9.17) is 0 Å². The number of fused-ring (bicyclic) bond motifs is 1. The molecule has 1 aromatic heterocycles. The van der Waals surface area contributed by atoms with E-state index < -0.39 is 40.6 Å². The van der Waals surface area contributed by atoms with Gasteiger partial charge in [-0.05, 0) is 42.8 Å². The monoisotopic (exact) mass is 416 g/mol. The molecule has 3 N–H and O–H groups in total. The van der Waals surface area contributed by atoms with Gasteiger partial charge >= 0.3 is 11.1 Å². The van der Waals surface area contributed by atoms with Gasteiger partial charge < -0.3 is 20.2 Å². The lowest BCUT2D eigenvalue weighted by atomic mass is 10.0. The maximum Gasteiger partial charge on any atom is 0.316 e. The number of hydrogen-bond acceptors (Lipinski definition) is 4. The second-order valence-electron chi connectivity index (χ2n) is 6.43. The van der Waals surface area contributed by atoms with E-state index in [9.17, 15) is 28.0 Å². The number of carbonyl (C=O) groups excluding carboxylic acids is 2. The van der Waals surface area contributed by atoms with Crippen LogP contribution in [-0.2, 0) is 11.3 Å². The van der Waals surface area contributed by atoms with Crippen molar-refractivity contribution in [3.63, 3.8) is 0 Å². The van der Waals surface area contributed by atoms with E-state index in [1.54, 1.807) is 6.92 Å². The van der Waals surface area contributed by atoms with Gasteiger partial charge in [-0.15, -0.1) is 0 Å². The zero-order chi connectivity index (χ0) is 22.0.